The van der Waals surface area contributed by atoms with Crippen molar-refractivity contribution in [1.82, 2.24) is 14.8 Å². The first-order valence-corrected chi connectivity index (χ1v) is 10.2. The molecular weight excluding hydrogens is 503 g/mol. The summed E-state index contributed by atoms with van der Waals surface area (Å²) in [5.74, 6) is -1.14. The Hall–Kier alpha value is -2.75. The van der Waals surface area contributed by atoms with Crippen LogP contribution in [0.2, 0.25) is 10.0 Å². The number of hydrogen-bond donors (Lipinski definition) is 1. The number of hydrogen-bond acceptors (Lipinski definition) is 3. The van der Waals surface area contributed by atoms with Crippen molar-refractivity contribution in [3.05, 3.63) is 69.2 Å². The van der Waals surface area contributed by atoms with Crippen LogP contribution in [-0.2, 0) is 12.7 Å². The molecule has 2 heterocycles. The van der Waals surface area contributed by atoms with E-state index >= 15 is 0 Å². The molecule has 5 nitrogen and oxygen atoms in total. The summed E-state index contributed by atoms with van der Waals surface area (Å²) in [7, 11) is -3.31. The van der Waals surface area contributed by atoms with Gasteiger partial charge in [-0.1, -0.05) is 29.8 Å². The van der Waals surface area contributed by atoms with Crippen molar-refractivity contribution < 1.29 is 25.8 Å². The summed E-state index contributed by atoms with van der Waals surface area (Å²) in [4.78, 5) is 6.03. The van der Waals surface area contributed by atoms with Crippen molar-refractivity contribution in [2.75, 3.05) is 5.32 Å². The normalized spacial score (nSPS) is 12.3. The van der Waals surface area contributed by atoms with E-state index in [1.54, 1.807) is 12.1 Å². The van der Waals surface area contributed by atoms with Gasteiger partial charge < -0.3 is 10.2 Å². The number of anilines is 1. The molecule has 0 aliphatic rings. The number of pyridine rings is 1. The van der Waals surface area contributed by atoms with Crippen molar-refractivity contribution in [3.63, 3.8) is 0 Å². The summed E-state index contributed by atoms with van der Waals surface area (Å²) < 4.78 is 80.6. The van der Waals surface area contributed by atoms with Crippen molar-refractivity contribution in [1.29, 1.82) is 0 Å². The Bertz CT molecular complexity index is 1210. The molecule has 0 saturated carbocycles. The van der Waals surface area contributed by atoms with Gasteiger partial charge in [0.05, 0.1) is 26.5 Å². The van der Waals surface area contributed by atoms with Gasteiger partial charge >= 0.3 is 17.4 Å². The maximum absolute atomic E-state index is 14.4. The highest BCUT2D eigenvalue weighted by atomic mass is 35.5. The van der Waals surface area contributed by atoms with Crippen LogP contribution in [0.15, 0.2) is 41.6 Å². The van der Waals surface area contributed by atoms with Crippen LogP contribution in [-0.4, -0.2) is 20.1 Å². The molecule has 0 spiro atoms. The second-order valence-electron chi connectivity index (χ2n) is 6.00. The largest absolute Gasteiger partial charge is 0.416 e. The molecule has 1 unspecified atom stereocenters. The molecule has 0 aliphatic heterocycles. The van der Waals surface area contributed by atoms with E-state index in [0.717, 1.165) is 4.68 Å². The van der Waals surface area contributed by atoms with Gasteiger partial charge in [0, 0.05) is 18.9 Å². The van der Waals surface area contributed by atoms with Gasteiger partial charge in [-0.3, -0.25) is 4.98 Å². The summed E-state index contributed by atoms with van der Waals surface area (Å²) in [6.45, 7) is 7.15. The number of alkyl halides is 3. The van der Waals surface area contributed by atoms with Crippen molar-refractivity contribution >= 4 is 51.1 Å². The van der Waals surface area contributed by atoms with Crippen LogP contribution in [0.4, 0.5) is 37.5 Å². The highest BCUT2D eigenvalue weighted by Crippen LogP contribution is 2.46. The predicted octanol–water partition coefficient (Wildman–Crippen LogP) is 7.29. The Kier molecular flexibility index (Phi) is 7.02. The zero-order valence-electron chi connectivity index (χ0n) is 15.4. The standard InChI is InChI=1S/C18H9Cl2F6N5S/c1-27-15-14(32(26)17(21)22)16(29-8-9-2-4-28-5-3-9)31(30-15)13-11(19)6-10(7-12(13)20)18(23,24)25/h2-7,29H,8H2. The number of rotatable bonds is 5. The van der Waals surface area contributed by atoms with Gasteiger partial charge in [0.15, 0.2) is 5.82 Å². The maximum atomic E-state index is 14.4. The minimum absolute atomic E-state index is 0.0420. The topological polar surface area (TPSA) is 47.1 Å². The van der Waals surface area contributed by atoms with Crippen LogP contribution in [0.3, 0.4) is 0 Å². The lowest BCUT2D eigenvalue weighted by Gasteiger charge is -2.14. The minimum Gasteiger partial charge on any atom is -0.364 e. The van der Waals surface area contributed by atoms with Gasteiger partial charge in [-0.05, 0) is 34.9 Å². The fraction of sp³-hybridized carbons (Fsp3) is 0.111. The lowest BCUT2D eigenvalue weighted by atomic mass is 10.2. The van der Waals surface area contributed by atoms with Gasteiger partial charge in [-0.25, -0.2) is 0 Å². The lowest BCUT2D eigenvalue weighted by Crippen LogP contribution is -2.10. The third-order valence-electron chi connectivity index (χ3n) is 4.01. The quantitative estimate of drug-likeness (QED) is 0.169. The van der Waals surface area contributed by atoms with Crippen molar-refractivity contribution in [2.24, 2.45) is 0 Å². The highest BCUT2D eigenvalue weighted by Gasteiger charge is 2.34. The molecular formula is C18H9Cl2F6N5S. The zero-order chi connectivity index (χ0) is 23.6. The first-order chi connectivity index (χ1) is 15.0. The average molecular weight is 512 g/mol. The molecule has 2 aromatic heterocycles. The van der Waals surface area contributed by atoms with Gasteiger partial charge in [0.2, 0.25) is 0 Å². The maximum Gasteiger partial charge on any atom is 0.416 e. The number of nitrogens with one attached hydrogen (secondary N) is 1. The van der Waals surface area contributed by atoms with Crippen LogP contribution in [0.1, 0.15) is 11.1 Å². The number of benzene rings is 1. The van der Waals surface area contributed by atoms with E-state index in [0.29, 0.717) is 17.7 Å². The number of halogens is 8. The molecule has 0 saturated heterocycles. The number of aromatic nitrogens is 3. The SMILES string of the molecule is [C-]#[N+]c1nn(-c2c(Cl)cc(C(F)(F)F)cc2Cl)c(NCc2ccncc2)c1S(F)=C(F)F. The van der Waals surface area contributed by atoms with Crippen molar-refractivity contribution in [3.8, 4) is 5.69 Å². The lowest BCUT2D eigenvalue weighted by molar-refractivity contribution is -0.137. The molecule has 3 rings (SSSR count). The first-order valence-electron chi connectivity index (χ1n) is 8.33. The molecule has 1 aromatic carbocycles. The fourth-order valence-corrected chi connectivity index (χ4v) is 4.02. The Labute approximate surface area is 189 Å². The zero-order valence-corrected chi connectivity index (χ0v) is 17.7. The average Bonchev–Trinajstić information content (AvgIpc) is 3.09. The predicted molar refractivity (Wildman–Crippen MR) is 111 cm³/mol. The Morgan fingerprint density at radius 2 is 1.75 bits per heavy atom. The first kappa shape index (κ1) is 23.9. The third-order valence-corrected chi connectivity index (χ3v) is 5.59. The van der Waals surface area contributed by atoms with Crippen LogP contribution in [0.25, 0.3) is 10.5 Å². The Morgan fingerprint density at radius 1 is 1.16 bits per heavy atom. The van der Waals surface area contributed by atoms with Crippen LogP contribution >= 0.6 is 34.1 Å². The molecule has 1 N–H and O–H groups in total. The summed E-state index contributed by atoms with van der Waals surface area (Å²) in [5, 5.41) is 2.80. The molecule has 0 bridgehead atoms. The number of nitrogens with zero attached hydrogens (tertiary/aromatic N) is 4. The van der Waals surface area contributed by atoms with E-state index in [2.05, 4.69) is 20.2 Å². The fourth-order valence-electron chi connectivity index (χ4n) is 2.64. The van der Waals surface area contributed by atoms with E-state index in [-0.39, 0.29) is 12.2 Å². The monoisotopic (exact) mass is 511 g/mol. The summed E-state index contributed by atoms with van der Waals surface area (Å²) >= 11 is 12.0. The molecule has 0 fully saturated rings. The second kappa shape index (κ2) is 9.40. The molecule has 3 aromatic rings. The third kappa shape index (κ3) is 4.85. The Morgan fingerprint density at radius 3 is 2.25 bits per heavy atom. The molecule has 168 valence electrons. The second-order valence-corrected chi connectivity index (χ2v) is 8.05. The molecule has 0 amide bonds. The van der Waals surface area contributed by atoms with Gasteiger partial charge in [-0.2, -0.15) is 25.8 Å². The van der Waals surface area contributed by atoms with Gasteiger partial charge in [-0.15, -0.1) is 4.68 Å². The highest BCUT2D eigenvalue weighted by molar-refractivity contribution is 8.11. The molecule has 32 heavy (non-hydrogen) atoms. The van der Waals surface area contributed by atoms with Gasteiger partial charge in [0.1, 0.15) is 10.6 Å². The van der Waals surface area contributed by atoms with E-state index < -0.39 is 54.6 Å². The van der Waals surface area contributed by atoms with Crippen LogP contribution in [0, 0.1) is 6.57 Å². The summed E-state index contributed by atoms with van der Waals surface area (Å²) in [6.07, 6.45) is -1.85. The molecule has 0 aliphatic carbocycles. The van der Waals surface area contributed by atoms with E-state index in [4.69, 9.17) is 29.8 Å². The minimum atomic E-state index is -4.76. The van der Waals surface area contributed by atoms with E-state index in [1.807, 2.05) is 0 Å². The smallest absolute Gasteiger partial charge is 0.364 e. The molecule has 1 atom stereocenters. The van der Waals surface area contributed by atoms with Crippen LogP contribution < -0.4 is 5.32 Å². The van der Waals surface area contributed by atoms with E-state index in [1.165, 1.54) is 12.4 Å². The summed E-state index contributed by atoms with van der Waals surface area (Å²) in [6, 6.07) is 4.29. The Balaban J connectivity index is 2.24. The van der Waals surface area contributed by atoms with Crippen molar-refractivity contribution in [2.45, 2.75) is 17.6 Å². The summed E-state index contributed by atoms with van der Waals surface area (Å²) in [5.41, 5.74) is -0.893. The molecule has 0 radical (unpaired) electrons. The van der Waals surface area contributed by atoms with Gasteiger partial charge in [0.25, 0.3) is 0 Å². The van der Waals surface area contributed by atoms with E-state index in [9.17, 15) is 25.8 Å². The van der Waals surface area contributed by atoms with Crippen LogP contribution in [0.5, 0.6) is 0 Å². The molecule has 14 heteroatoms.